The second-order valence-electron chi connectivity index (χ2n) is 6.28. The van der Waals surface area contributed by atoms with Gasteiger partial charge in [0.25, 0.3) is 0 Å². The summed E-state index contributed by atoms with van der Waals surface area (Å²) in [4.78, 5) is 4.38. The van der Waals surface area contributed by atoms with E-state index >= 15 is 0 Å². The average Bonchev–Trinajstić information content (AvgIpc) is 3.29. The summed E-state index contributed by atoms with van der Waals surface area (Å²) in [6.07, 6.45) is 7.54. The molecular formula is C17H17FN4O2S. The average molecular weight is 360 g/mol. The van der Waals surface area contributed by atoms with Crippen molar-refractivity contribution in [3.63, 3.8) is 0 Å². The summed E-state index contributed by atoms with van der Waals surface area (Å²) < 4.78 is 40.8. The molecule has 1 saturated heterocycles. The lowest BCUT2D eigenvalue weighted by molar-refractivity contribution is 0.493. The Hall–Kier alpha value is -2.48. The van der Waals surface area contributed by atoms with Crippen LogP contribution in [0.1, 0.15) is 6.42 Å². The van der Waals surface area contributed by atoms with Gasteiger partial charge in [-0.2, -0.15) is 5.10 Å². The zero-order valence-corrected chi connectivity index (χ0v) is 14.2. The van der Waals surface area contributed by atoms with E-state index in [-0.39, 0.29) is 23.2 Å². The van der Waals surface area contributed by atoms with Gasteiger partial charge in [-0.3, -0.25) is 0 Å². The Bertz CT molecular complexity index is 996. The highest BCUT2D eigenvalue weighted by Crippen LogP contribution is 2.28. The number of rotatable bonds is 4. The molecule has 1 atom stereocenters. The number of sulfone groups is 1. The van der Waals surface area contributed by atoms with Crippen LogP contribution in [0.3, 0.4) is 0 Å². The van der Waals surface area contributed by atoms with Crippen molar-refractivity contribution in [2.45, 2.75) is 13.0 Å². The lowest BCUT2D eigenvalue weighted by Gasteiger charge is -2.14. The second-order valence-corrected chi connectivity index (χ2v) is 8.51. The van der Waals surface area contributed by atoms with Crippen LogP contribution in [0.15, 0.2) is 49.1 Å². The topological polar surface area (TPSA) is 69.8 Å². The van der Waals surface area contributed by atoms with E-state index in [9.17, 15) is 12.8 Å². The molecular weight excluding hydrogens is 343 g/mol. The van der Waals surface area contributed by atoms with E-state index in [4.69, 9.17) is 0 Å². The molecule has 4 rings (SSSR count). The molecule has 0 bridgehead atoms. The van der Waals surface area contributed by atoms with Crippen molar-refractivity contribution in [2.24, 2.45) is 5.92 Å². The predicted octanol–water partition coefficient (Wildman–Crippen LogP) is 2.31. The number of imidazole rings is 1. The van der Waals surface area contributed by atoms with Crippen LogP contribution >= 0.6 is 0 Å². The molecule has 1 aliphatic rings. The quantitative estimate of drug-likeness (QED) is 0.716. The summed E-state index contributed by atoms with van der Waals surface area (Å²) in [5, 5.41) is 4.22. The highest BCUT2D eigenvalue weighted by Gasteiger charge is 2.28. The summed E-state index contributed by atoms with van der Waals surface area (Å²) in [5.41, 5.74) is 1.34. The maximum Gasteiger partial charge on any atom is 0.150 e. The zero-order chi connectivity index (χ0) is 17.4. The van der Waals surface area contributed by atoms with E-state index in [1.807, 2.05) is 4.57 Å². The molecule has 0 unspecified atom stereocenters. The molecule has 0 spiro atoms. The fraction of sp³-hybridized carbons (Fsp3) is 0.294. The zero-order valence-electron chi connectivity index (χ0n) is 13.4. The molecule has 0 saturated carbocycles. The molecule has 1 fully saturated rings. The van der Waals surface area contributed by atoms with E-state index < -0.39 is 9.84 Å². The maximum absolute atomic E-state index is 13.9. The van der Waals surface area contributed by atoms with E-state index in [1.54, 1.807) is 41.6 Å². The van der Waals surface area contributed by atoms with Crippen molar-refractivity contribution in [3.8, 4) is 17.1 Å². The number of hydrogen-bond donors (Lipinski definition) is 0. The predicted molar refractivity (Wildman–Crippen MR) is 91.5 cm³/mol. The normalized spacial score (nSPS) is 19.3. The van der Waals surface area contributed by atoms with Crippen molar-refractivity contribution >= 4 is 9.84 Å². The molecule has 2 aromatic heterocycles. The van der Waals surface area contributed by atoms with E-state index in [0.717, 1.165) is 5.69 Å². The van der Waals surface area contributed by atoms with Gasteiger partial charge in [-0.05, 0) is 36.6 Å². The molecule has 1 aliphatic heterocycles. The van der Waals surface area contributed by atoms with Gasteiger partial charge in [-0.1, -0.05) is 0 Å². The van der Waals surface area contributed by atoms with Crippen molar-refractivity contribution in [2.75, 3.05) is 11.5 Å². The summed E-state index contributed by atoms with van der Waals surface area (Å²) in [5.74, 6) is 0.734. The minimum absolute atomic E-state index is 0.0552. The van der Waals surface area contributed by atoms with Crippen LogP contribution in [0.25, 0.3) is 17.1 Å². The highest BCUT2D eigenvalue weighted by atomic mass is 32.2. The van der Waals surface area contributed by atoms with Crippen molar-refractivity contribution in [1.29, 1.82) is 0 Å². The molecule has 3 aromatic rings. The van der Waals surface area contributed by atoms with Crippen LogP contribution < -0.4 is 0 Å². The van der Waals surface area contributed by atoms with Gasteiger partial charge in [0.2, 0.25) is 0 Å². The van der Waals surface area contributed by atoms with Gasteiger partial charge in [0.05, 0.1) is 17.2 Å². The van der Waals surface area contributed by atoms with Gasteiger partial charge in [-0.25, -0.2) is 22.5 Å². The number of aromatic nitrogens is 4. The fourth-order valence-corrected chi connectivity index (χ4v) is 5.14. The molecule has 0 radical (unpaired) electrons. The molecule has 6 nitrogen and oxygen atoms in total. The van der Waals surface area contributed by atoms with Crippen LogP contribution in [0.4, 0.5) is 4.39 Å². The minimum Gasteiger partial charge on any atom is -0.331 e. The summed E-state index contributed by atoms with van der Waals surface area (Å²) in [6.45, 7) is 0.545. The highest BCUT2D eigenvalue weighted by molar-refractivity contribution is 7.91. The van der Waals surface area contributed by atoms with Gasteiger partial charge in [0.15, 0.2) is 9.84 Å². The molecule has 25 heavy (non-hydrogen) atoms. The third-order valence-corrected chi connectivity index (χ3v) is 6.28. The van der Waals surface area contributed by atoms with Crippen LogP contribution in [0.2, 0.25) is 0 Å². The number of nitrogens with zero attached hydrogens (tertiary/aromatic N) is 4. The van der Waals surface area contributed by atoms with Crippen LogP contribution in [-0.2, 0) is 16.4 Å². The first-order valence-corrected chi connectivity index (χ1v) is 9.85. The lowest BCUT2D eigenvalue weighted by Crippen LogP contribution is -2.13. The number of halogens is 1. The maximum atomic E-state index is 13.9. The van der Waals surface area contributed by atoms with Crippen molar-refractivity contribution in [3.05, 3.63) is 54.9 Å². The Morgan fingerprint density at radius 1 is 1.24 bits per heavy atom. The third kappa shape index (κ3) is 3.21. The molecule has 130 valence electrons. The van der Waals surface area contributed by atoms with E-state index in [1.165, 1.54) is 12.1 Å². The molecule has 0 aliphatic carbocycles. The molecule has 3 heterocycles. The Labute approximate surface area is 144 Å². The Balaban J connectivity index is 1.72. The third-order valence-electron chi connectivity index (χ3n) is 4.45. The summed E-state index contributed by atoms with van der Waals surface area (Å²) >= 11 is 0. The Morgan fingerprint density at radius 2 is 2.12 bits per heavy atom. The molecule has 8 heteroatoms. The lowest BCUT2D eigenvalue weighted by atomic mass is 10.1. The standard InChI is InChI=1S/C17H17FN4O2S/c18-14-2-3-16(22-7-1-5-20-22)15(10-14)17-19-6-8-21(17)11-13-4-9-25(23,24)12-13/h1-3,5-8,10,13H,4,9,11-12H2/t13-/m1/s1. The van der Waals surface area contributed by atoms with Crippen molar-refractivity contribution < 1.29 is 12.8 Å². The van der Waals surface area contributed by atoms with E-state index in [2.05, 4.69) is 10.1 Å². The van der Waals surface area contributed by atoms with Gasteiger partial charge < -0.3 is 4.57 Å². The van der Waals surface area contributed by atoms with Gasteiger partial charge in [0, 0.05) is 36.9 Å². The first-order chi connectivity index (χ1) is 12.0. The Morgan fingerprint density at radius 3 is 2.84 bits per heavy atom. The number of benzene rings is 1. The van der Waals surface area contributed by atoms with E-state index in [0.29, 0.717) is 24.4 Å². The molecule has 0 amide bonds. The Kier molecular flexibility index (Phi) is 3.91. The van der Waals surface area contributed by atoms with Crippen LogP contribution in [-0.4, -0.2) is 39.3 Å². The summed E-state index contributed by atoms with van der Waals surface area (Å²) in [7, 11) is -2.93. The van der Waals surface area contributed by atoms with Gasteiger partial charge in [0.1, 0.15) is 11.6 Å². The minimum atomic E-state index is -2.93. The smallest absolute Gasteiger partial charge is 0.150 e. The fourth-order valence-electron chi connectivity index (χ4n) is 3.29. The summed E-state index contributed by atoms with van der Waals surface area (Å²) in [6, 6.07) is 6.28. The monoisotopic (exact) mass is 360 g/mol. The van der Waals surface area contributed by atoms with Gasteiger partial charge in [-0.15, -0.1) is 0 Å². The number of hydrogen-bond acceptors (Lipinski definition) is 4. The van der Waals surface area contributed by atoms with Crippen molar-refractivity contribution in [1.82, 2.24) is 19.3 Å². The molecule has 0 N–H and O–H groups in total. The molecule has 1 aromatic carbocycles. The van der Waals surface area contributed by atoms with Crippen LogP contribution in [0.5, 0.6) is 0 Å². The first kappa shape index (κ1) is 16.0. The SMILES string of the molecule is O=S1(=O)CC[C@H](Cn2ccnc2-c2cc(F)ccc2-n2cccn2)C1. The van der Waals surface area contributed by atoms with Gasteiger partial charge >= 0.3 is 0 Å². The first-order valence-electron chi connectivity index (χ1n) is 8.03. The second kappa shape index (κ2) is 6.11. The van der Waals surface area contributed by atoms with Crippen LogP contribution in [0, 0.1) is 11.7 Å². The largest absolute Gasteiger partial charge is 0.331 e.